The average molecular weight is 277 g/mol. The third kappa shape index (κ3) is 3.48. The standard InChI is InChI=1S/C14H10F3N3/c15-14(16,17)11-1-3-12(4-2-11)20-9-10-5-6-19-13(7-10)8-18/h1-7,20H,9H2. The zero-order valence-corrected chi connectivity index (χ0v) is 10.3. The van der Waals surface area contributed by atoms with Crippen LogP contribution in [0.4, 0.5) is 18.9 Å². The fourth-order valence-corrected chi connectivity index (χ4v) is 1.63. The SMILES string of the molecule is N#Cc1cc(CNc2ccc(C(F)(F)F)cc2)ccn1. The fourth-order valence-electron chi connectivity index (χ4n) is 1.63. The molecule has 1 N–H and O–H groups in total. The monoisotopic (exact) mass is 277 g/mol. The van der Waals surface area contributed by atoms with Crippen LogP contribution in [0.25, 0.3) is 0 Å². The van der Waals surface area contributed by atoms with E-state index >= 15 is 0 Å². The van der Waals surface area contributed by atoms with Gasteiger partial charge in [-0.2, -0.15) is 18.4 Å². The van der Waals surface area contributed by atoms with Crippen molar-refractivity contribution in [3.05, 3.63) is 59.4 Å². The van der Waals surface area contributed by atoms with Gasteiger partial charge in [-0.05, 0) is 42.0 Å². The molecule has 2 rings (SSSR count). The molecule has 0 bridgehead atoms. The highest BCUT2D eigenvalue weighted by atomic mass is 19.4. The number of halogens is 3. The van der Waals surface area contributed by atoms with E-state index < -0.39 is 11.7 Å². The Morgan fingerprint density at radius 3 is 2.45 bits per heavy atom. The summed E-state index contributed by atoms with van der Waals surface area (Å²) in [5.41, 5.74) is 1.03. The smallest absolute Gasteiger partial charge is 0.381 e. The molecule has 0 radical (unpaired) electrons. The molecule has 0 saturated heterocycles. The number of anilines is 1. The van der Waals surface area contributed by atoms with Gasteiger partial charge in [-0.15, -0.1) is 0 Å². The van der Waals surface area contributed by atoms with E-state index in [1.165, 1.54) is 18.3 Å². The summed E-state index contributed by atoms with van der Waals surface area (Å²) in [5, 5.41) is 11.7. The zero-order valence-electron chi connectivity index (χ0n) is 10.3. The van der Waals surface area contributed by atoms with Crippen molar-refractivity contribution >= 4 is 5.69 Å². The molecule has 0 atom stereocenters. The van der Waals surface area contributed by atoms with Crippen molar-refractivity contribution in [1.29, 1.82) is 5.26 Å². The first-order chi connectivity index (χ1) is 9.49. The number of rotatable bonds is 3. The number of benzene rings is 1. The molecular weight excluding hydrogens is 267 g/mol. The summed E-state index contributed by atoms with van der Waals surface area (Å²) in [4.78, 5) is 3.84. The minimum absolute atomic E-state index is 0.303. The number of pyridine rings is 1. The molecule has 0 fully saturated rings. The molecule has 0 aliphatic carbocycles. The quantitative estimate of drug-likeness (QED) is 0.932. The Morgan fingerprint density at radius 2 is 1.85 bits per heavy atom. The second-order valence-corrected chi connectivity index (χ2v) is 4.09. The zero-order chi connectivity index (χ0) is 14.6. The minimum atomic E-state index is -4.33. The van der Waals surface area contributed by atoms with Crippen LogP contribution < -0.4 is 5.32 Å². The number of hydrogen-bond donors (Lipinski definition) is 1. The van der Waals surface area contributed by atoms with Gasteiger partial charge in [-0.3, -0.25) is 0 Å². The van der Waals surface area contributed by atoms with Crippen LogP contribution in [0.2, 0.25) is 0 Å². The third-order valence-electron chi connectivity index (χ3n) is 2.65. The second-order valence-electron chi connectivity index (χ2n) is 4.09. The average Bonchev–Trinajstić information content (AvgIpc) is 2.45. The van der Waals surface area contributed by atoms with E-state index in [2.05, 4.69) is 10.3 Å². The molecule has 1 aromatic heterocycles. The minimum Gasteiger partial charge on any atom is -0.381 e. The summed E-state index contributed by atoms with van der Waals surface area (Å²) in [6.45, 7) is 0.405. The van der Waals surface area contributed by atoms with E-state index in [0.29, 0.717) is 17.9 Å². The van der Waals surface area contributed by atoms with E-state index in [0.717, 1.165) is 17.7 Å². The Balaban J connectivity index is 2.02. The van der Waals surface area contributed by atoms with Gasteiger partial charge in [0.25, 0.3) is 0 Å². The molecule has 102 valence electrons. The van der Waals surface area contributed by atoms with Crippen LogP contribution in [0.1, 0.15) is 16.8 Å². The summed E-state index contributed by atoms with van der Waals surface area (Å²) >= 11 is 0. The van der Waals surface area contributed by atoms with Gasteiger partial charge < -0.3 is 5.32 Å². The topological polar surface area (TPSA) is 48.7 Å². The maximum Gasteiger partial charge on any atom is 0.416 e. The summed E-state index contributed by atoms with van der Waals surface area (Å²) in [7, 11) is 0. The number of nitrogens with one attached hydrogen (secondary N) is 1. The predicted molar refractivity (Wildman–Crippen MR) is 67.7 cm³/mol. The Hall–Kier alpha value is -2.55. The van der Waals surface area contributed by atoms with E-state index in [1.807, 2.05) is 6.07 Å². The first kappa shape index (κ1) is 13.9. The van der Waals surface area contributed by atoms with Gasteiger partial charge in [0.2, 0.25) is 0 Å². The van der Waals surface area contributed by atoms with Gasteiger partial charge in [-0.25, -0.2) is 4.98 Å². The lowest BCUT2D eigenvalue weighted by atomic mass is 10.2. The summed E-state index contributed by atoms with van der Waals surface area (Å²) in [5.74, 6) is 0. The molecule has 1 aromatic carbocycles. The van der Waals surface area contributed by atoms with Crippen LogP contribution in [0.3, 0.4) is 0 Å². The molecule has 0 spiro atoms. The van der Waals surface area contributed by atoms with Crippen LogP contribution in [0.5, 0.6) is 0 Å². The van der Waals surface area contributed by atoms with E-state index in [1.54, 1.807) is 12.1 Å². The molecule has 0 saturated carbocycles. The molecule has 1 heterocycles. The number of nitrogens with zero attached hydrogens (tertiary/aromatic N) is 2. The number of alkyl halides is 3. The number of aromatic nitrogens is 1. The second kappa shape index (κ2) is 5.61. The van der Waals surface area contributed by atoms with E-state index in [-0.39, 0.29) is 0 Å². The Morgan fingerprint density at radius 1 is 1.15 bits per heavy atom. The summed E-state index contributed by atoms with van der Waals surface area (Å²) in [6, 6.07) is 10.1. The largest absolute Gasteiger partial charge is 0.416 e. The first-order valence-electron chi connectivity index (χ1n) is 5.75. The first-order valence-corrected chi connectivity index (χ1v) is 5.75. The lowest BCUT2D eigenvalue weighted by Gasteiger charge is -2.09. The van der Waals surface area contributed by atoms with Crippen molar-refractivity contribution in [2.75, 3.05) is 5.32 Å². The highest BCUT2D eigenvalue weighted by molar-refractivity contribution is 5.45. The Bertz CT molecular complexity index is 627. The van der Waals surface area contributed by atoms with Crippen molar-refractivity contribution in [3.63, 3.8) is 0 Å². The molecule has 3 nitrogen and oxygen atoms in total. The van der Waals surface area contributed by atoms with Gasteiger partial charge in [0.05, 0.1) is 5.56 Å². The highest BCUT2D eigenvalue weighted by Gasteiger charge is 2.29. The van der Waals surface area contributed by atoms with Crippen LogP contribution in [-0.4, -0.2) is 4.98 Å². The van der Waals surface area contributed by atoms with Crippen molar-refractivity contribution in [3.8, 4) is 6.07 Å². The highest BCUT2D eigenvalue weighted by Crippen LogP contribution is 2.29. The van der Waals surface area contributed by atoms with Crippen LogP contribution in [-0.2, 0) is 12.7 Å². The lowest BCUT2D eigenvalue weighted by molar-refractivity contribution is -0.137. The molecule has 0 unspecified atom stereocenters. The molecule has 6 heteroatoms. The molecule has 2 aromatic rings. The normalized spacial score (nSPS) is 10.9. The van der Waals surface area contributed by atoms with E-state index in [4.69, 9.17) is 5.26 Å². The molecule has 0 aliphatic heterocycles. The maximum atomic E-state index is 12.4. The van der Waals surface area contributed by atoms with Crippen molar-refractivity contribution in [2.24, 2.45) is 0 Å². The predicted octanol–water partition coefficient (Wildman–Crippen LogP) is 3.58. The van der Waals surface area contributed by atoms with Crippen LogP contribution in [0, 0.1) is 11.3 Å². The molecule has 20 heavy (non-hydrogen) atoms. The Labute approximate surface area is 113 Å². The van der Waals surface area contributed by atoms with Gasteiger partial charge in [0.15, 0.2) is 0 Å². The summed E-state index contributed by atoms with van der Waals surface area (Å²) in [6.07, 6.45) is -2.81. The van der Waals surface area contributed by atoms with Gasteiger partial charge in [0, 0.05) is 18.4 Å². The third-order valence-corrected chi connectivity index (χ3v) is 2.65. The fraction of sp³-hybridized carbons (Fsp3) is 0.143. The van der Waals surface area contributed by atoms with Crippen molar-refractivity contribution < 1.29 is 13.2 Å². The van der Waals surface area contributed by atoms with Gasteiger partial charge in [0.1, 0.15) is 11.8 Å². The Kier molecular flexibility index (Phi) is 3.89. The molecule has 0 amide bonds. The lowest BCUT2D eigenvalue weighted by Crippen LogP contribution is -2.05. The van der Waals surface area contributed by atoms with Crippen molar-refractivity contribution in [2.45, 2.75) is 12.7 Å². The van der Waals surface area contributed by atoms with Crippen LogP contribution >= 0.6 is 0 Å². The molecular formula is C14H10F3N3. The summed E-state index contributed by atoms with van der Waals surface area (Å²) < 4.78 is 37.2. The maximum absolute atomic E-state index is 12.4. The van der Waals surface area contributed by atoms with E-state index in [9.17, 15) is 13.2 Å². The van der Waals surface area contributed by atoms with Gasteiger partial charge in [-0.1, -0.05) is 0 Å². The number of hydrogen-bond acceptors (Lipinski definition) is 3. The van der Waals surface area contributed by atoms with Crippen LogP contribution in [0.15, 0.2) is 42.6 Å². The number of nitriles is 1. The van der Waals surface area contributed by atoms with Gasteiger partial charge >= 0.3 is 6.18 Å². The van der Waals surface area contributed by atoms with Crippen molar-refractivity contribution in [1.82, 2.24) is 4.98 Å². The molecule has 0 aliphatic rings.